The molecule has 15 saturated carbocycles. The maximum atomic E-state index is 12.1. The van der Waals surface area contributed by atoms with Crippen LogP contribution in [0.25, 0.3) is 0 Å². The summed E-state index contributed by atoms with van der Waals surface area (Å²) in [6, 6.07) is 0. The lowest BCUT2D eigenvalue weighted by molar-refractivity contribution is -0.260. The molecule has 0 aromatic heterocycles. The first-order chi connectivity index (χ1) is 41.6. The van der Waals surface area contributed by atoms with E-state index in [-0.39, 0.29) is 64.5 Å². The summed E-state index contributed by atoms with van der Waals surface area (Å²) in [5, 5.41) is 31.5. The van der Waals surface area contributed by atoms with E-state index in [4.69, 9.17) is 33.2 Å². The Morgan fingerprint density at radius 1 is 0.517 bits per heavy atom. The summed E-state index contributed by atoms with van der Waals surface area (Å²) in [4.78, 5) is 82.1. The van der Waals surface area contributed by atoms with Gasteiger partial charge in [-0.3, -0.25) is 4.79 Å². The molecule has 17 nitrogen and oxygen atoms in total. The second kappa shape index (κ2) is 26.1. The van der Waals surface area contributed by atoms with Crippen LogP contribution in [-0.4, -0.2) is 115 Å². The van der Waals surface area contributed by atoms with Crippen molar-refractivity contribution in [3.63, 3.8) is 0 Å². The molecule has 9 unspecified atom stereocenters. The molecule has 0 aromatic carbocycles. The molecule has 2 saturated heterocycles. The summed E-state index contributed by atoms with van der Waals surface area (Å²) in [5.41, 5.74) is -1.65. The van der Waals surface area contributed by atoms with Gasteiger partial charge in [-0.1, -0.05) is 53.7 Å². The fourth-order valence-corrected chi connectivity index (χ4v) is 20.3. The molecule has 17 fully saturated rings. The monoisotopic (exact) mass is 1240 g/mol. The molecule has 0 amide bonds. The molecule has 0 aromatic rings. The van der Waals surface area contributed by atoms with Crippen LogP contribution in [0.1, 0.15) is 222 Å². The smallest absolute Gasteiger partial charge is 0.344 e. The number of aliphatic hydroxyl groups is 3. The number of fused-ring (bicyclic) bond motifs is 1. The van der Waals surface area contributed by atoms with Crippen molar-refractivity contribution in [2.24, 2.45) is 65.1 Å². The van der Waals surface area contributed by atoms with Crippen LogP contribution < -0.4 is 0 Å². The Balaban J connectivity index is 0.000000133. The zero-order chi connectivity index (χ0) is 65.0. The van der Waals surface area contributed by atoms with Crippen LogP contribution in [0, 0.1) is 65.1 Å². The van der Waals surface area contributed by atoms with Crippen molar-refractivity contribution in [2.75, 3.05) is 6.61 Å². The second-order valence-electron chi connectivity index (χ2n) is 31.3. The lowest BCUT2D eigenvalue weighted by atomic mass is 9.47. The zero-order valence-electron chi connectivity index (χ0n) is 54.7. The summed E-state index contributed by atoms with van der Waals surface area (Å²) in [5.74, 6) is 2.81. The van der Waals surface area contributed by atoms with Gasteiger partial charge in [0.2, 0.25) is 0 Å². The Morgan fingerprint density at radius 2 is 0.966 bits per heavy atom. The summed E-state index contributed by atoms with van der Waals surface area (Å²) in [7, 11) is 0. The van der Waals surface area contributed by atoms with E-state index in [1.807, 2.05) is 0 Å². The lowest BCUT2D eigenvalue weighted by Crippen LogP contribution is -2.66. The van der Waals surface area contributed by atoms with Crippen LogP contribution in [0.4, 0.5) is 0 Å². The Bertz CT molecular complexity index is 2760. The van der Waals surface area contributed by atoms with Gasteiger partial charge in [-0.2, -0.15) is 0 Å². The molecular formula is C72H104O17. The van der Waals surface area contributed by atoms with Gasteiger partial charge in [-0.15, -0.1) is 0 Å². The van der Waals surface area contributed by atoms with Crippen LogP contribution in [-0.2, 0) is 66.7 Å². The first-order valence-electron chi connectivity index (χ1n) is 33.5. The molecule has 494 valence electrons. The molecule has 0 radical (unpaired) electrons. The quantitative estimate of drug-likeness (QED) is 0.0831. The standard InChI is InChI=1S/C17H26O2.C16H20O6.C14H20O4.C14H20O3.C11H18O2/c1-10(2)16(18)19-17(11(3)4)14-6-12-5-13(8-14)9-15(17)7-12;1-8(2)15(18)20-7-13(17)22-14-10-3-9-4-11(6-10)16(19)21-12(14)5-9;1-9(2)11(15)18-14-5-10-3-12(16,7-14)6-13(17,4-10)8-14;1-9(2)12(15)17-14-6-10-3-11(7-14)5-13(16,4-10)8-14;1-4-11(7-5-6-8-11)13-10(12)9(2)3/h11-15H,1,5-9H2,2-4H3;9-12,14H,1,3-7H2,2H3;10,16-17H,1,3-8H2,2H3;10-11,16H,1,3-8H2,2H3;2,4-8H2,1,3H3. The van der Waals surface area contributed by atoms with Gasteiger partial charge >= 0.3 is 41.8 Å². The largest absolute Gasteiger partial charge is 0.458 e. The van der Waals surface area contributed by atoms with Gasteiger partial charge in [-0.25, -0.2) is 28.8 Å². The van der Waals surface area contributed by atoms with E-state index in [2.05, 4.69) is 53.7 Å². The van der Waals surface area contributed by atoms with Crippen molar-refractivity contribution in [1.82, 2.24) is 0 Å². The fourth-order valence-electron chi connectivity index (χ4n) is 20.3. The molecule has 15 aliphatic carbocycles. The van der Waals surface area contributed by atoms with Crippen LogP contribution >= 0.6 is 0 Å². The predicted molar refractivity (Wildman–Crippen MR) is 330 cm³/mol. The average molecular weight is 1240 g/mol. The SMILES string of the molecule is C=C(C)C(=O)OC1(C(C)C)C2CC3CC(C2)CC1C3.C=C(C)C(=O)OC1(CC)CCCC1.C=C(C)C(=O)OC12CC3CC(CC(O)(C3)C1)C2.C=C(C)C(=O)OC12CC3CC(O)(CC(O)(C3)C1)C2.C=C(C)C(=O)OCC(=O)OC1C2CC3CC(C2)C(=O)OC1C3. The highest BCUT2D eigenvalue weighted by atomic mass is 16.6. The van der Waals surface area contributed by atoms with Crippen molar-refractivity contribution in [2.45, 2.75) is 274 Å². The molecule has 17 aliphatic rings. The molecular weight excluding hydrogens is 1140 g/mol. The van der Waals surface area contributed by atoms with Crippen molar-refractivity contribution < 1.29 is 82.0 Å². The Hall–Kier alpha value is -5.13. The number of hydrogen-bond donors (Lipinski definition) is 3. The van der Waals surface area contributed by atoms with Crippen LogP contribution in [0.5, 0.6) is 0 Å². The number of carbonyl (C=O) groups is 7. The third kappa shape index (κ3) is 15.2. The second-order valence-corrected chi connectivity index (χ2v) is 31.3. The normalized spacial score (nSPS) is 39.9. The minimum atomic E-state index is -0.858. The number of ether oxygens (including phenoxy) is 7. The van der Waals surface area contributed by atoms with Gasteiger partial charge in [0.25, 0.3) is 0 Å². The predicted octanol–water partition coefficient (Wildman–Crippen LogP) is 11.7. The van der Waals surface area contributed by atoms with Crippen LogP contribution in [0.3, 0.4) is 0 Å². The first kappa shape index (κ1) is 68.2. The highest BCUT2D eigenvalue weighted by Gasteiger charge is 2.65. The number of rotatable bonds is 14. The molecule has 89 heavy (non-hydrogen) atoms. The highest BCUT2D eigenvalue weighted by molar-refractivity contribution is 5.89. The van der Waals surface area contributed by atoms with Crippen LogP contribution in [0.2, 0.25) is 0 Å². The zero-order valence-corrected chi connectivity index (χ0v) is 54.7. The third-order valence-corrected chi connectivity index (χ3v) is 22.8. The molecule has 17 heteroatoms. The van der Waals surface area contributed by atoms with Gasteiger partial charge < -0.3 is 48.5 Å². The molecule has 0 spiro atoms. The van der Waals surface area contributed by atoms with Crippen molar-refractivity contribution >= 4 is 41.8 Å². The van der Waals surface area contributed by atoms with Gasteiger partial charge in [0.05, 0.1) is 22.7 Å². The van der Waals surface area contributed by atoms with E-state index in [1.165, 1.54) is 58.3 Å². The Labute approximate surface area is 527 Å². The fraction of sp³-hybridized carbons (Fsp3) is 0.764. The van der Waals surface area contributed by atoms with E-state index in [0.29, 0.717) is 83.5 Å². The Kier molecular flexibility index (Phi) is 20.0. The van der Waals surface area contributed by atoms with E-state index in [0.717, 1.165) is 102 Å². The van der Waals surface area contributed by atoms with E-state index in [9.17, 15) is 48.9 Å². The molecule has 17 rings (SSSR count). The maximum absolute atomic E-state index is 12.1. The number of hydrogen-bond acceptors (Lipinski definition) is 17. The molecule has 2 aliphatic heterocycles. The third-order valence-electron chi connectivity index (χ3n) is 22.8. The van der Waals surface area contributed by atoms with Crippen molar-refractivity contribution in [3.8, 4) is 0 Å². The van der Waals surface area contributed by atoms with E-state index in [1.54, 1.807) is 27.7 Å². The number of esters is 7. The summed E-state index contributed by atoms with van der Waals surface area (Å²) in [6.45, 7) is 32.4. The Morgan fingerprint density at radius 3 is 1.45 bits per heavy atom. The van der Waals surface area contributed by atoms with Gasteiger partial charge in [0, 0.05) is 59.5 Å². The van der Waals surface area contributed by atoms with Gasteiger partial charge in [0.15, 0.2) is 6.61 Å². The van der Waals surface area contributed by atoms with Crippen molar-refractivity contribution in [3.05, 3.63) is 60.8 Å². The van der Waals surface area contributed by atoms with E-state index < -0.39 is 58.6 Å². The lowest BCUT2D eigenvalue weighted by Gasteiger charge is -2.62. The topological polar surface area (TPSA) is 245 Å². The first-order valence-corrected chi connectivity index (χ1v) is 33.5. The number of carbonyl (C=O) groups excluding carboxylic acids is 7. The highest BCUT2D eigenvalue weighted by Crippen LogP contribution is 2.63. The molecule has 9 atom stereocenters. The van der Waals surface area contributed by atoms with Gasteiger partial charge in [0.1, 0.15) is 34.6 Å². The minimum Gasteiger partial charge on any atom is -0.458 e. The molecule has 3 N–H and O–H groups in total. The van der Waals surface area contributed by atoms with E-state index >= 15 is 0 Å². The summed E-state index contributed by atoms with van der Waals surface area (Å²) in [6.07, 6.45) is 23.4. The van der Waals surface area contributed by atoms with Crippen molar-refractivity contribution in [1.29, 1.82) is 0 Å². The molecule has 2 heterocycles. The maximum Gasteiger partial charge on any atom is 0.344 e. The minimum absolute atomic E-state index is 0.0568. The van der Waals surface area contributed by atoms with Gasteiger partial charge in [-0.05, 0) is 229 Å². The summed E-state index contributed by atoms with van der Waals surface area (Å²) >= 11 is 0. The summed E-state index contributed by atoms with van der Waals surface area (Å²) < 4.78 is 38.6. The molecule has 16 bridgehead atoms. The van der Waals surface area contributed by atoms with Crippen LogP contribution in [0.15, 0.2) is 60.8 Å². The average Bonchev–Trinajstić information content (AvgIpc) is 1.36.